The molecule has 0 bridgehead atoms. The first-order valence-corrected chi connectivity index (χ1v) is 6.60. The number of hydrogen-bond acceptors (Lipinski definition) is 3. The number of carbonyl (C=O) groups is 2. The fourth-order valence-corrected chi connectivity index (χ4v) is 1.79. The van der Waals surface area contributed by atoms with Gasteiger partial charge in [0.25, 0.3) is 5.91 Å². The maximum absolute atomic E-state index is 13.2. The number of nitrogens with two attached hydrogens (primary N) is 1. The van der Waals surface area contributed by atoms with E-state index in [-0.39, 0.29) is 30.1 Å². The predicted molar refractivity (Wildman–Crippen MR) is 75.7 cm³/mol. The minimum atomic E-state index is -0.628. The average Bonchev–Trinajstić information content (AvgIpc) is 2.43. The predicted octanol–water partition coefficient (Wildman–Crippen LogP) is 1.40. The Bertz CT molecular complexity index is 487. The van der Waals surface area contributed by atoms with Crippen LogP contribution in [0, 0.1) is 5.82 Å². The summed E-state index contributed by atoms with van der Waals surface area (Å²) in [7, 11) is 0. The van der Waals surface area contributed by atoms with Crippen molar-refractivity contribution in [1.29, 1.82) is 0 Å². The van der Waals surface area contributed by atoms with Crippen molar-refractivity contribution in [1.82, 2.24) is 10.2 Å². The summed E-state index contributed by atoms with van der Waals surface area (Å²) in [5.41, 5.74) is 5.52. The zero-order chi connectivity index (χ0) is 15.1. The quantitative estimate of drug-likeness (QED) is 0.774. The lowest BCUT2D eigenvalue weighted by molar-refractivity contribution is -0.130. The molecule has 0 atom stereocenters. The Kier molecular flexibility index (Phi) is 5.96. The van der Waals surface area contributed by atoms with E-state index < -0.39 is 11.7 Å². The standard InChI is InChI=1S/C14H20FN3O2/c1-3-18(4-2)13(19)7-8-17-14(20)10-5-6-12(16)11(15)9-10/h5-6,9H,3-4,7-8,16H2,1-2H3,(H,17,20). The van der Waals surface area contributed by atoms with Crippen molar-refractivity contribution >= 4 is 17.5 Å². The fourth-order valence-electron chi connectivity index (χ4n) is 1.79. The van der Waals surface area contributed by atoms with Crippen molar-refractivity contribution in [3.8, 4) is 0 Å². The molecule has 110 valence electrons. The lowest BCUT2D eigenvalue weighted by atomic mass is 10.2. The van der Waals surface area contributed by atoms with Crippen molar-refractivity contribution in [3.63, 3.8) is 0 Å². The number of nitrogens with zero attached hydrogens (tertiary/aromatic N) is 1. The first kappa shape index (κ1) is 15.9. The highest BCUT2D eigenvalue weighted by atomic mass is 19.1. The Morgan fingerprint density at radius 3 is 2.50 bits per heavy atom. The molecule has 0 heterocycles. The first-order valence-electron chi connectivity index (χ1n) is 6.60. The van der Waals surface area contributed by atoms with E-state index in [2.05, 4.69) is 5.32 Å². The molecule has 1 aromatic carbocycles. The summed E-state index contributed by atoms with van der Waals surface area (Å²) in [5.74, 6) is -1.06. The Labute approximate surface area is 117 Å². The minimum Gasteiger partial charge on any atom is -0.396 e. The Morgan fingerprint density at radius 2 is 1.95 bits per heavy atom. The van der Waals surface area contributed by atoms with Gasteiger partial charge in [-0.2, -0.15) is 0 Å². The van der Waals surface area contributed by atoms with E-state index in [4.69, 9.17) is 5.73 Å². The van der Waals surface area contributed by atoms with Crippen LogP contribution in [-0.4, -0.2) is 36.3 Å². The van der Waals surface area contributed by atoms with Gasteiger partial charge in [0, 0.05) is 31.6 Å². The molecule has 0 radical (unpaired) electrons. The zero-order valence-corrected chi connectivity index (χ0v) is 11.8. The van der Waals surface area contributed by atoms with Gasteiger partial charge in [0.15, 0.2) is 0 Å². The normalized spacial score (nSPS) is 10.2. The number of halogens is 1. The fraction of sp³-hybridized carbons (Fsp3) is 0.429. The maximum atomic E-state index is 13.2. The third kappa shape index (κ3) is 4.22. The molecule has 1 aromatic rings. The summed E-state index contributed by atoms with van der Waals surface area (Å²) in [6.07, 6.45) is 0.227. The molecule has 0 saturated heterocycles. The molecule has 0 aromatic heterocycles. The lowest BCUT2D eigenvalue weighted by Gasteiger charge is -2.18. The molecular formula is C14H20FN3O2. The van der Waals surface area contributed by atoms with Gasteiger partial charge < -0.3 is 16.0 Å². The molecule has 3 N–H and O–H groups in total. The van der Waals surface area contributed by atoms with Crippen LogP contribution in [0.3, 0.4) is 0 Å². The van der Waals surface area contributed by atoms with Crippen molar-refractivity contribution < 1.29 is 14.0 Å². The van der Waals surface area contributed by atoms with Gasteiger partial charge in [-0.1, -0.05) is 0 Å². The average molecular weight is 281 g/mol. The van der Waals surface area contributed by atoms with Crippen LogP contribution in [-0.2, 0) is 4.79 Å². The molecule has 6 heteroatoms. The second-order valence-corrected chi connectivity index (χ2v) is 4.31. The largest absolute Gasteiger partial charge is 0.396 e. The van der Waals surface area contributed by atoms with Gasteiger partial charge in [-0.15, -0.1) is 0 Å². The smallest absolute Gasteiger partial charge is 0.251 e. The lowest BCUT2D eigenvalue weighted by Crippen LogP contribution is -2.34. The number of hydrogen-bond donors (Lipinski definition) is 2. The molecule has 5 nitrogen and oxygen atoms in total. The van der Waals surface area contributed by atoms with Crippen molar-refractivity contribution in [3.05, 3.63) is 29.6 Å². The van der Waals surface area contributed by atoms with Gasteiger partial charge in [-0.25, -0.2) is 4.39 Å². The third-order valence-corrected chi connectivity index (χ3v) is 3.00. The number of amides is 2. The zero-order valence-electron chi connectivity index (χ0n) is 11.8. The van der Waals surface area contributed by atoms with Crippen LogP contribution >= 0.6 is 0 Å². The van der Waals surface area contributed by atoms with Crippen LogP contribution in [0.4, 0.5) is 10.1 Å². The Hall–Kier alpha value is -2.11. The van der Waals surface area contributed by atoms with Gasteiger partial charge in [0.1, 0.15) is 5.82 Å². The monoisotopic (exact) mass is 281 g/mol. The van der Waals surface area contributed by atoms with E-state index >= 15 is 0 Å². The number of rotatable bonds is 6. The van der Waals surface area contributed by atoms with Crippen molar-refractivity contribution in [2.24, 2.45) is 0 Å². The second-order valence-electron chi connectivity index (χ2n) is 4.31. The van der Waals surface area contributed by atoms with E-state index in [0.29, 0.717) is 13.1 Å². The van der Waals surface area contributed by atoms with Gasteiger partial charge in [-0.05, 0) is 32.0 Å². The molecule has 0 saturated carbocycles. The van der Waals surface area contributed by atoms with E-state index in [1.54, 1.807) is 4.90 Å². The molecule has 0 aliphatic rings. The highest BCUT2D eigenvalue weighted by molar-refractivity contribution is 5.94. The Morgan fingerprint density at radius 1 is 1.30 bits per heavy atom. The van der Waals surface area contributed by atoms with Crippen LogP contribution in [0.1, 0.15) is 30.6 Å². The number of nitrogens with one attached hydrogen (secondary N) is 1. The molecule has 0 fully saturated rings. The molecule has 20 heavy (non-hydrogen) atoms. The summed E-state index contributed by atoms with van der Waals surface area (Å²) < 4.78 is 13.2. The first-order chi connectivity index (χ1) is 9.49. The molecule has 0 aliphatic heterocycles. The highest BCUT2D eigenvalue weighted by Crippen LogP contribution is 2.11. The van der Waals surface area contributed by atoms with Gasteiger partial charge in [-0.3, -0.25) is 9.59 Å². The second kappa shape index (κ2) is 7.47. The molecule has 0 spiro atoms. The Balaban J connectivity index is 2.47. The summed E-state index contributed by atoms with van der Waals surface area (Å²) in [4.78, 5) is 25.2. The summed E-state index contributed by atoms with van der Waals surface area (Å²) in [6.45, 7) is 5.31. The maximum Gasteiger partial charge on any atom is 0.251 e. The SMILES string of the molecule is CCN(CC)C(=O)CCNC(=O)c1ccc(N)c(F)c1. The highest BCUT2D eigenvalue weighted by Gasteiger charge is 2.11. The summed E-state index contributed by atoms with van der Waals surface area (Å²) in [5, 5.41) is 2.59. The number of benzene rings is 1. The van der Waals surface area contributed by atoms with Gasteiger partial charge in [0.2, 0.25) is 5.91 Å². The van der Waals surface area contributed by atoms with Crippen molar-refractivity contribution in [2.75, 3.05) is 25.4 Å². The molecule has 2 amide bonds. The van der Waals surface area contributed by atoms with Crippen LogP contribution in [0.15, 0.2) is 18.2 Å². The van der Waals surface area contributed by atoms with E-state index in [0.717, 1.165) is 6.07 Å². The molecule has 1 rings (SSSR count). The summed E-state index contributed by atoms with van der Waals surface area (Å²) in [6, 6.07) is 3.86. The van der Waals surface area contributed by atoms with Gasteiger partial charge in [0.05, 0.1) is 5.69 Å². The van der Waals surface area contributed by atoms with Crippen LogP contribution in [0.2, 0.25) is 0 Å². The van der Waals surface area contributed by atoms with Gasteiger partial charge >= 0.3 is 0 Å². The topological polar surface area (TPSA) is 75.4 Å². The van der Waals surface area contributed by atoms with Crippen LogP contribution in [0.5, 0.6) is 0 Å². The number of nitrogen functional groups attached to an aromatic ring is 1. The minimum absolute atomic E-state index is 0.00161. The third-order valence-electron chi connectivity index (χ3n) is 3.00. The number of anilines is 1. The van der Waals surface area contributed by atoms with E-state index in [9.17, 15) is 14.0 Å². The van der Waals surface area contributed by atoms with Crippen LogP contribution < -0.4 is 11.1 Å². The van der Waals surface area contributed by atoms with E-state index in [1.165, 1.54) is 12.1 Å². The summed E-state index contributed by atoms with van der Waals surface area (Å²) >= 11 is 0. The number of carbonyl (C=O) groups excluding carboxylic acids is 2. The molecule has 0 unspecified atom stereocenters. The van der Waals surface area contributed by atoms with Crippen molar-refractivity contribution in [2.45, 2.75) is 20.3 Å². The van der Waals surface area contributed by atoms with Crippen LogP contribution in [0.25, 0.3) is 0 Å². The molecular weight excluding hydrogens is 261 g/mol. The molecule has 0 aliphatic carbocycles. The van der Waals surface area contributed by atoms with E-state index in [1.807, 2.05) is 13.8 Å².